The molecule has 0 aliphatic carbocycles. The first kappa shape index (κ1) is 22.3. The number of carboxylic acid groups (broad SMARTS) is 1. The van der Waals surface area contributed by atoms with Gasteiger partial charge >= 0.3 is 5.97 Å². The zero-order valence-electron chi connectivity index (χ0n) is 17.6. The highest BCUT2D eigenvalue weighted by molar-refractivity contribution is 6.34. The van der Waals surface area contributed by atoms with Crippen LogP contribution >= 0.6 is 11.6 Å². The minimum Gasteiger partial charge on any atom is -0.478 e. The quantitative estimate of drug-likeness (QED) is 0.312. The number of imidazole rings is 1. The van der Waals surface area contributed by atoms with E-state index in [4.69, 9.17) is 16.3 Å². The molecular formula is C24H24ClN3O3. The molecular weight excluding hydrogens is 414 g/mol. The second-order valence-electron chi connectivity index (χ2n) is 7.52. The molecule has 0 unspecified atom stereocenters. The van der Waals surface area contributed by atoms with Gasteiger partial charge in [0.05, 0.1) is 21.6 Å². The molecule has 7 heteroatoms. The maximum atomic E-state index is 11.4. The molecule has 1 heterocycles. The van der Waals surface area contributed by atoms with Crippen molar-refractivity contribution >= 4 is 28.6 Å². The Balaban J connectivity index is 0.00000272. The lowest BCUT2D eigenvalue weighted by atomic mass is 9.92. The number of hydrogen-bond donors (Lipinski definition) is 3. The maximum Gasteiger partial charge on any atom is 0.336 e. The first-order valence-corrected chi connectivity index (χ1v) is 10.0. The van der Waals surface area contributed by atoms with E-state index in [-0.39, 0.29) is 17.7 Å². The number of fused-ring (bicyclic) bond motifs is 1. The molecule has 31 heavy (non-hydrogen) atoms. The third-order valence-electron chi connectivity index (χ3n) is 5.08. The Hall–Kier alpha value is -3.35. The summed E-state index contributed by atoms with van der Waals surface area (Å²) in [6.07, 6.45) is 0. The fourth-order valence-corrected chi connectivity index (χ4v) is 3.78. The Morgan fingerprint density at radius 1 is 1.10 bits per heavy atom. The van der Waals surface area contributed by atoms with E-state index in [1.165, 1.54) is 11.6 Å². The second kappa shape index (κ2) is 8.79. The highest BCUT2D eigenvalue weighted by Gasteiger charge is 2.15. The molecule has 6 nitrogen and oxygen atoms in total. The number of nitrogens with one attached hydrogen (secondary N) is 1. The minimum atomic E-state index is -0.997. The van der Waals surface area contributed by atoms with Crippen LogP contribution in [0.15, 0.2) is 54.6 Å². The van der Waals surface area contributed by atoms with E-state index in [1.807, 2.05) is 24.3 Å². The standard InChI is InChI=1S/C24H21ClN2O3.H3N/c1-13(2)16-6-4-5-7-17(16)19-11-21-22(12-20(19)25)27-24(26-21)30-15-9-8-14(3)18(10-15)23(28)29;/h4-13H,1-3H3,(H,26,27)(H,28,29);1H3. The van der Waals surface area contributed by atoms with Crippen molar-refractivity contribution in [2.75, 3.05) is 0 Å². The van der Waals surface area contributed by atoms with Crippen molar-refractivity contribution in [1.29, 1.82) is 0 Å². The van der Waals surface area contributed by atoms with Crippen LogP contribution in [0.1, 0.15) is 41.3 Å². The lowest BCUT2D eigenvalue weighted by Crippen LogP contribution is -2.00. The monoisotopic (exact) mass is 437 g/mol. The highest BCUT2D eigenvalue weighted by Crippen LogP contribution is 2.36. The van der Waals surface area contributed by atoms with Gasteiger partial charge in [-0.05, 0) is 53.8 Å². The second-order valence-corrected chi connectivity index (χ2v) is 7.92. The van der Waals surface area contributed by atoms with Crippen LogP contribution < -0.4 is 10.9 Å². The van der Waals surface area contributed by atoms with Crippen LogP contribution in [-0.2, 0) is 0 Å². The van der Waals surface area contributed by atoms with Crippen molar-refractivity contribution < 1.29 is 14.6 Å². The summed E-state index contributed by atoms with van der Waals surface area (Å²) in [4.78, 5) is 19.0. The number of ether oxygens (including phenoxy) is 1. The van der Waals surface area contributed by atoms with Gasteiger partial charge in [-0.1, -0.05) is 55.8 Å². The molecule has 0 fully saturated rings. The Morgan fingerprint density at radius 3 is 2.55 bits per heavy atom. The van der Waals surface area contributed by atoms with Gasteiger partial charge < -0.3 is 21.0 Å². The third kappa shape index (κ3) is 4.40. The van der Waals surface area contributed by atoms with E-state index >= 15 is 0 Å². The van der Waals surface area contributed by atoms with Gasteiger partial charge in [-0.15, -0.1) is 0 Å². The summed E-state index contributed by atoms with van der Waals surface area (Å²) in [5.74, 6) is -0.243. The van der Waals surface area contributed by atoms with Crippen molar-refractivity contribution in [3.8, 4) is 22.9 Å². The van der Waals surface area contributed by atoms with Gasteiger partial charge in [-0.25, -0.2) is 4.79 Å². The van der Waals surface area contributed by atoms with Gasteiger partial charge in [0, 0.05) is 5.56 Å². The number of carbonyl (C=O) groups is 1. The zero-order chi connectivity index (χ0) is 21.4. The van der Waals surface area contributed by atoms with Crippen molar-refractivity contribution in [3.05, 3.63) is 76.3 Å². The molecule has 0 aliphatic rings. The van der Waals surface area contributed by atoms with E-state index < -0.39 is 5.97 Å². The maximum absolute atomic E-state index is 11.4. The predicted octanol–water partition coefficient (Wildman–Crippen LogP) is 6.97. The molecule has 0 radical (unpaired) electrons. The normalized spacial score (nSPS) is 10.9. The smallest absolute Gasteiger partial charge is 0.336 e. The van der Waals surface area contributed by atoms with Crippen molar-refractivity contribution in [2.24, 2.45) is 0 Å². The van der Waals surface area contributed by atoms with Crippen LogP contribution in [0.4, 0.5) is 0 Å². The van der Waals surface area contributed by atoms with Crippen LogP contribution in [-0.4, -0.2) is 21.0 Å². The molecule has 5 N–H and O–H groups in total. The van der Waals surface area contributed by atoms with Gasteiger partial charge in [0.25, 0.3) is 6.01 Å². The Morgan fingerprint density at radius 2 is 1.84 bits per heavy atom. The first-order chi connectivity index (χ1) is 14.3. The van der Waals surface area contributed by atoms with Gasteiger partial charge in [0.15, 0.2) is 0 Å². The molecule has 0 aliphatic heterocycles. The molecule has 4 rings (SSSR count). The Bertz CT molecular complexity index is 1260. The van der Waals surface area contributed by atoms with Gasteiger partial charge in [-0.2, -0.15) is 4.98 Å². The lowest BCUT2D eigenvalue weighted by molar-refractivity contribution is 0.0695. The SMILES string of the molecule is Cc1ccc(Oc2nc3cc(-c4ccccc4C(C)C)c(Cl)cc3[nH]2)cc1C(=O)O.N. The molecule has 0 saturated heterocycles. The summed E-state index contributed by atoms with van der Waals surface area (Å²) in [5.41, 5.74) is 5.52. The summed E-state index contributed by atoms with van der Waals surface area (Å²) in [6.45, 7) is 6.05. The molecule has 0 saturated carbocycles. The third-order valence-corrected chi connectivity index (χ3v) is 5.39. The summed E-state index contributed by atoms with van der Waals surface area (Å²) in [7, 11) is 0. The topological polar surface area (TPSA) is 110 Å². The number of carboxylic acids is 1. The number of H-pyrrole nitrogens is 1. The Kier molecular flexibility index (Phi) is 6.34. The van der Waals surface area contributed by atoms with Crippen LogP contribution in [0.5, 0.6) is 11.8 Å². The lowest BCUT2D eigenvalue weighted by Gasteiger charge is -2.14. The van der Waals surface area contributed by atoms with Gasteiger partial charge in [-0.3, -0.25) is 0 Å². The summed E-state index contributed by atoms with van der Waals surface area (Å²) >= 11 is 6.60. The van der Waals surface area contributed by atoms with E-state index in [0.717, 1.165) is 16.6 Å². The number of aromatic nitrogens is 2. The number of nitrogens with zero attached hydrogens (tertiary/aromatic N) is 1. The molecule has 0 bridgehead atoms. The van der Waals surface area contributed by atoms with Gasteiger partial charge in [0.1, 0.15) is 5.75 Å². The van der Waals surface area contributed by atoms with Crippen LogP contribution in [0.3, 0.4) is 0 Å². The number of rotatable bonds is 5. The number of aromatic carboxylic acids is 1. The zero-order valence-corrected chi connectivity index (χ0v) is 18.3. The summed E-state index contributed by atoms with van der Waals surface area (Å²) < 4.78 is 5.78. The van der Waals surface area contributed by atoms with E-state index in [1.54, 1.807) is 19.1 Å². The average Bonchev–Trinajstić information content (AvgIpc) is 3.09. The van der Waals surface area contributed by atoms with Crippen molar-refractivity contribution in [3.63, 3.8) is 0 Å². The van der Waals surface area contributed by atoms with Crippen molar-refractivity contribution in [1.82, 2.24) is 16.1 Å². The van der Waals surface area contributed by atoms with Crippen LogP contribution in [0.25, 0.3) is 22.2 Å². The Labute approximate surface area is 185 Å². The van der Waals surface area contributed by atoms with Crippen molar-refractivity contribution in [2.45, 2.75) is 26.7 Å². The molecule has 0 spiro atoms. The van der Waals surface area contributed by atoms with Gasteiger partial charge in [0.2, 0.25) is 0 Å². The molecule has 3 aromatic carbocycles. The molecule has 160 valence electrons. The fourth-order valence-electron chi connectivity index (χ4n) is 3.51. The minimum absolute atomic E-state index is 0. The van der Waals surface area contributed by atoms with E-state index in [0.29, 0.717) is 27.8 Å². The highest BCUT2D eigenvalue weighted by atomic mass is 35.5. The molecule has 0 atom stereocenters. The summed E-state index contributed by atoms with van der Waals surface area (Å²) in [6, 6.07) is 17.2. The first-order valence-electron chi connectivity index (χ1n) is 9.64. The number of aromatic amines is 1. The van der Waals surface area contributed by atoms with E-state index in [2.05, 4.69) is 35.9 Å². The molecule has 0 amide bonds. The van der Waals surface area contributed by atoms with E-state index in [9.17, 15) is 9.90 Å². The predicted molar refractivity (Wildman–Crippen MR) is 124 cm³/mol. The van der Waals surface area contributed by atoms with Crippen LogP contribution in [0, 0.1) is 6.92 Å². The fraction of sp³-hybridized carbons (Fsp3) is 0.167. The average molecular weight is 438 g/mol. The molecule has 1 aromatic heterocycles. The molecule has 4 aromatic rings. The number of halogens is 1. The number of benzene rings is 3. The number of aryl methyl sites for hydroxylation is 1. The largest absolute Gasteiger partial charge is 0.478 e. The summed E-state index contributed by atoms with van der Waals surface area (Å²) in [5, 5.41) is 9.93. The number of hydrogen-bond acceptors (Lipinski definition) is 4. The van der Waals surface area contributed by atoms with Crippen LogP contribution in [0.2, 0.25) is 5.02 Å².